The third kappa shape index (κ3) is 3.41. The molecule has 0 atom stereocenters. The van der Waals surface area contributed by atoms with Gasteiger partial charge in [-0.2, -0.15) is 0 Å². The van der Waals surface area contributed by atoms with Gasteiger partial charge in [-0.1, -0.05) is 28.1 Å². The molecule has 0 aliphatic carbocycles. The van der Waals surface area contributed by atoms with Crippen LogP contribution in [0.2, 0.25) is 0 Å². The Bertz CT molecular complexity index is 785. The number of fused-ring (bicyclic) bond motifs is 1. The lowest BCUT2D eigenvalue weighted by Gasteiger charge is -2.10. The summed E-state index contributed by atoms with van der Waals surface area (Å²) in [4.78, 5) is 4.44. The predicted octanol–water partition coefficient (Wildman–Crippen LogP) is 5.51. The number of hydrogen-bond acceptors (Lipinski definition) is 2. The zero-order valence-electron chi connectivity index (χ0n) is 10.9. The Morgan fingerprint density at radius 2 is 1.90 bits per heavy atom. The van der Waals surface area contributed by atoms with E-state index in [9.17, 15) is 4.39 Å². The molecule has 1 aromatic heterocycles. The second kappa shape index (κ2) is 6.12. The smallest absolute Gasteiger partial charge is 0.124 e. The summed E-state index contributed by atoms with van der Waals surface area (Å²) in [7, 11) is 0. The summed E-state index contributed by atoms with van der Waals surface area (Å²) in [5.41, 5.74) is 2.70. The highest BCUT2D eigenvalue weighted by Crippen LogP contribution is 2.24. The van der Waals surface area contributed by atoms with Crippen LogP contribution in [0.3, 0.4) is 0 Å². The third-order valence-electron chi connectivity index (χ3n) is 3.08. The molecular weight excluding hydrogens is 399 g/mol. The van der Waals surface area contributed by atoms with Gasteiger partial charge in [0.1, 0.15) is 5.82 Å². The van der Waals surface area contributed by atoms with Crippen LogP contribution >= 0.6 is 31.9 Å². The van der Waals surface area contributed by atoms with Crippen molar-refractivity contribution in [1.29, 1.82) is 0 Å². The average molecular weight is 410 g/mol. The molecule has 0 fully saturated rings. The van der Waals surface area contributed by atoms with Gasteiger partial charge in [-0.3, -0.25) is 4.98 Å². The molecule has 3 rings (SSSR count). The van der Waals surface area contributed by atoms with Crippen LogP contribution in [0.5, 0.6) is 0 Å². The van der Waals surface area contributed by atoms with Gasteiger partial charge >= 0.3 is 0 Å². The highest BCUT2D eigenvalue weighted by molar-refractivity contribution is 9.10. The Hall–Kier alpha value is -1.46. The number of anilines is 1. The van der Waals surface area contributed by atoms with E-state index in [0.29, 0.717) is 6.54 Å². The average Bonchev–Trinajstić information content (AvgIpc) is 2.43. The quantitative estimate of drug-likeness (QED) is 0.616. The van der Waals surface area contributed by atoms with Crippen LogP contribution in [-0.4, -0.2) is 4.98 Å². The van der Waals surface area contributed by atoms with Crippen molar-refractivity contribution in [2.24, 2.45) is 0 Å². The van der Waals surface area contributed by atoms with E-state index in [1.54, 1.807) is 6.20 Å². The van der Waals surface area contributed by atoms with Crippen LogP contribution in [0.1, 0.15) is 5.56 Å². The Labute approximate surface area is 138 Å². The van der Waals surface area contributed by atoms with E-state index < -0.39 is 0 Å². The van der Waals surface area contributed by atoms with Crippen molar-refractivity contribution in [1.82, 2.24) is 4.98 Å². The van der Waals surface area contributed by atoms with Crippen molar-refractivity contribution in [2.45, 2.75) is 6.54 Å². The van der Waals surface area contributed by atoms with E-state index >= 15 is 0 Å². The Balaban J connectivity index is 1.88. The highest BCUT2D eigenvalue weighted by Gasteiger charge is 2.04. The molecule has 2 nitrogen and oxygen atoms in total. The van der Waals surface area contributed by atoms with Crippen LogP contribution in [0, 0.1) is 5.82 Å². The van der Waals surface area contributed by atoms with Gasteiger partial charge in [0.05, 0.1) is 11.2 Å². The number of rotatable bonds is 3. The fourth-order valence-electron chi connectivity index (χ4n) is 2.19. The molecule has 0 spiro atoms. The molecule has 0 amide bonds. The van der Waals surface area contributed by atoms with Crippen LogP contribution < -0.4 is 5.32 Å². The molecule has 0 saturated carbocycles. The van der Waals surface area contributed by atoms with Crippen molar-refractivity contribution in [2.75, 3.05) is 5.32 Å². The van der Waals surface area contributed by atoms with Crippen LogP contribution in [0.15, 0.2) is 57.6 Å². The van der Waals surface area contributed by atoms with E-state index in [-0.39, 0.29) is 5.82 Å². The van der Waals surface area contributed by atoms with Gasteiger partial charge in [0, 0.05) is 27.1 Å². The molecule has 0 aliphatic heterocycles. The molecule has 1 heterocycles. The first-order valence-electron chi connectivity index (χ1n) is 6.35. The summed E-state index contributed by atoms with van der Waals surface area (Å²) in [6.07, 6.45) is 1.77. The maximum Gasteiger partial charge on any atom is 0.124 e. The van der Waals surface area contributed by atoms with E-state index in [0.717, 1.165) is 31.1 Å². The number of nitrogens with zero attached hydrogens (tertiary/aromatic N) is 1. The van der Waals surface area contributed by atoms with Crippen LogP contribution in [-0.2, 0) is 6.54 Å². The number of halogens is 3. The van der Waals surface area contributed by atoms with Crippen molar-refractivity contribution in [3.63, 3.8) is 0 Å². The fourth-order valence-corrected chi connectivity index (χ4v) is 3.05. The van der Waals surface area contributed by atoms with E-state index in [2.05, 4.69) is 42.2 Å². The lowest BCUT2D eigenvalue weighted by molar-refractivity contribution is 0.625. The molecule has 106 valence electrons. The predicted molar refractivity (Wildman–Crippen MR) is 90.9 cm³/mol. The highest BCUT2D eigenvalue weighted by atomic mass is 79.9. The number of nitrogens with one attached hydrogen (secondary N) is 1. The van der Waals surface area contributed by atoms with Crippen molar-refractivity contribution in [3.05, 3.63) is 69.0 Å². The van der Waals surface area contributed by atoms with Gasteiger partial charge in [0.2, 0.25) is 0 Å². The molecule has 0 radical (unpaired) electrons. The Kier molecular flexibility index (Phi) is 4.22. The molecule has 2 aromatic carbocycles. The molecule has 0 bridgehead atoms. The number of para-hydroxylation sites is 1. The normalized spacial score (nSPS) is 10.8. The second-order valence-electron chi connectivity index (χ2n) is 4.66. The summed E-state index contributed by atoms with van der Waals surface area (Å²) in [6.45, 7) is 0.535. The van der Waals surface area contributed by atoms with E-state index in [1.165, 1.54) is 12.1 Å². The molecular formula is C16H11Br2FN2. The van der Waals surface area contributed by atoms with Crippen molar-refractivity contribution < 1.29 is 4.39 Å². The minimum absolute atomic E-state index is 0.249. The standard InChI is InChI=1S/C16H11Br2FN2/c17-12-4-10(5-14(19)7-12)8-20-15-3-1-2-11-6-13(18)9-21-16(11)15/h1-7,9,20H,8H2. The van der Waals surface area contributed by atoms with Crippen LogP contribution in [0.25, 0.3) is 10.9 Å². The first-order chi connectivity index (χ1) is 10.1. The molecule has 5 heteroatoms. The minimum atomic E-state index is -0.249. The molecule has 0 saturated heterocycles. The van der Waals surface area contributed by atoms with Gasteiger partial charge in [0.25, 0.3) is 0 Å². The van der Waals surface area contributed by atoms with E-state index in [4.69, 9.17) is 0 Å². The molecule has 0 unspecified atom stereocenters. The number of benzene rings is 2. The van der Waals surface area contributed by atoms with Gasteiger partial charge in [-0.25, -0.2) is 4.39 Å². The van der Waals surface area contributed by atoms with Gasteiger partial charge in [-0.15, -0.1) is 0 Å². The SMILES string of the molecule is Fc1cc(Br)cc(CNc2cccc3cc(Br)cnc23)c1. The number of aromatic nitrogens is 1. The third-order valence-corrected chi connectivity index (χ3v) is 3.97. The van der Waals surface area contributed by atoms with Gasteiger partial charge in [-0.05, 0) is 51.8 Å². The summed E-state index contributed by atoms with van der Waals surface area (Å²) < 4.78 is 15.1. The number of hydrogen-bond donors (Lipinski definition) is 1. The zero-order valence-corrected chi connectivity index (χ0v) is 14.1. The summed E-state index contributed by atoms with van der Waals surface area (Å²) >= 11 is 6.72. The lowest BCUT2D eigenvalue weighted by atomic mass is 10.1. The maximum atomic E-state index is 13.4. The molecule has 0 aliphatic rings. The van der Waals surface area contributed by atoms with Crippen LogP contribution in [0.4, 0.5) is 10.1 Å². The summed E-state index contributed by atoms with van der Waals surface area (Å²) in [5, 5.41) is 4.36. The number of pyridine rings is 1. The van der Waals surface area contributed by atoms with Crippen molar-refractivity contribution >= 4 is 48.5 Å². The second-order valence-corrected chi connectivity index (χ2v) is 6.49. The molecule has 3 aromatic rings. The first kappa shape index (κ1) is 14.5. The van der Waals surface area contributed by atoms with Gasteiger partial charge in [0.15, 0.2) is 0 Å². The Morgan fingerprint density at radius 1 is 1.05 bits per heavy atom. The monoisotopic (exact) mass is 408 g/mol. The van der Waals surface area contributed by atoms with Crippen molar-refractivity contribution in [3.8, 4) is 0 Å². The van der Waals surface area contributed by atoms with Gasteiger partial charge < -0.3 is 5.32 Å². The first-order valence-corrected chi connectivity index (χ1v) is 7.93. The topological polar surface area (TPSA) is 24.9 Å². The summed E-state index contributed by atoms with van der Waals surface area (Å²) in [5.74, 6) is -0.249. The molecule has 1 N–H and O–H groups in total. The summed E-state index contributed by atoms with van der Waals surface area (Å²) in [6, 6.07) is 12.8. The maximum absolute atomic E-state index is 13.4. The zero-order chi connectivity index (χ0) is 14.8. The lowest BCUT2D eigenvalue weighted by Crippen LogP contribution is -2.01. The Morgan fingerprint density at radius 3 is 2.71 bits per heavy atom. The van der Waals surface area contributed by atoms with E-state index in [1.807, 2.05) is 30.3 Å². The molecule has 21 heavy (non-hydrogen) atoms. The minimum Gasteiger partial charge on any atom is -0.379 e. The fraction of sp³-hybridized carbons (Fsp3) is 0.0625. The largest absolute Gasteiger partial charge is 0.379 e.